The number of rotatable bonds is 3. The van der Waals surface area contributed by atoms with Gasteiger partial charge in [-0.1, -0.05) is 25.5 Å². The molecule has 0 aromatic heterocycles. The van der Waals surface area contributed by atoms with E-state index in [4.69, 9.17) is 0 Å². The minimum Gasteiger partial charge on any atom is -0.324 e. The number of Topliss-reactive ketones (excluding diaryl/α,β-unsaturated/α-hetero) is 2. The number of hydrogen-bond donors (Lipinski definition) is 0. The van der Waals surface area contributed by atoms with Crippen LogP contribution in [0.1, 0.15) is 60.5 Å². The first-order chi connectivity index (χ1) is 10.6. The van der Waals surface area contributed by atoms with E-state index in [-0.39, 0.29) is 23.9 Å². The number of amides is 1. The second-order valence-electron chi connectivity index (χ2n) is 6.22. The maximum Gasteiger partial charge on any atom is 0.255 e. The predicted molar refractivity (Wildman–Crippen MR) is 82.6 cm³/mol. The quantitative estimate of drug-likeness (QED) is 0.637. The van der Waals surface area contributed by atoms with Crippen molar-refractivity contribution in [1.29, 1.82) is 0 Å². The van der Waals surface area contributed by atoms with Crippen LogP contribution in [0.5, 0.6) is 0 Å². The summed E-state index contributed by atoms with van der Waals surface area (Å²) in [5.41, 5.74) is 3.00. The summed E-state index contributed by atoms with van der Waals surface area (Å²) in [7, 11) is 0. The molecular formula is C18H21NO3. The van der Waals surface area contributed by atoms with E-state index < -0.39 is 6.04 Å². The molecule has 0 radical (unpaired) electrons. The lowest BCUT2D eigenvalue weighted by Crippen LogP contribution is -2.41. The van der Waals surface area contributed by atoms with Crippen LogP contribution in [0, 0.1) is 0 Å². The zero-order valence-corrected chi connectivity index (χ0v) is 12.9. The third-order valence-electron chi connectivity index (χ3n) is 4.66. The average molecular weight is 299 g/mol. The van der Waals surface area contributed by atoms with Crippen LogP contribution in [-0.4, -0.2) is 28.4 Å². The monoisotopic (exact) mass is 299 g/mol. The van der Waals surface area contributed by atoms with Crippen molar-refractivity contribution in [2.24, 2.45) is 0 Å². The van der Waals surface area contributed by atoms with Gasteiger partial charge in [-0.2, -0.15) is 0 Å². The van der Waals surface area contributed by atoms with Crippen molar-refractivity contribution in [2.45, 2.75) is 58.0 Å². The molecule has 2 aliphatic rings. The number of aryl methyl sites for hydroxylation is 1. The molecule has 0 bridgehead atoms. The van der Waals surface area contributed by atoms with Crippen molar-refractivity contribution in [3.8, 4) is 0 Å². The number of carbonyl (C=O) groups excluding carboxylic acids is 3. The third-order valence-corrected chi connectivity index (χ3v) is 4.66. The predicted octanol–water partition coefficient (Wildman–Crippen LogP) is 2.68. The summed E-state index contributed by atoms with van der Waals surface area (Å²) in [4.78, 5) is 38.2. The van der Waals surface area contributed by atoms with E-state index in [0.29, 0.717) is 25.8 Å². The van der Waals surface area contributed by atoms with Crippen LogP contribution in [0.3, 0.4) is 0 Å². The lowest BCUT2D eigenvalue weighted by Gasteiger charge is -2.25. The molecular weight excluding hydrogens is 278 g/mol. The van der Waals surface area contributed by atoms with Crippen LogP contribution < -0.4 is 0 Å². The lowest BCUT2D eigenvalue weighted by molar-refractivity contribution is -0.128. The second kappa shape index (κ2) is 6.03. The first kappa shape index (κ1) is 14.9. The van der Waals surface area contributed by atoms with Gasteiger partial charge in [-0.05, 0) is 36.5 Å². The van der Waals surface area contributed by atoms with Gasteiger partial charge in [0.2, 0.25) is 0 Å². The molecule has 4 heteroatoms. The maximum atomic E-state index is 12.7. The van der Waals surface area contributed by atoms with Gasteiger partial charge in [-0.25, -0.2) is 0 Å². The summed E-state index contributed by atoms with van der Waals surface area (Å²) in [6.07, 6.45) is 3.71. The van der Waals surface area contributed by atoms with Crippen LogP contribution >= 0.6 is 0 Å². The SMILES string of the molecule is CCCc1cccc2c1CN([C@H]1CCCC(=O)CC1=O)C2=O. The van der Waals surface area contributed by atoms with E-state index in [1.165, 1.54) is 5.56 Å². The number of fused-ring (bicyclic) bond motifs is 1. The Labute approximate surface area is 130 Å². The summed E-state index contributed by atoms with van der Waals surface area (Å²) in [6, 6.07) is 5.41. The largest absolute Gasteiger partial charge is 0.324 e. The molecule has 1 atom stereocenters. The normalized spacial score (nSPS) is 22.0. The van der Waals surface area contributed by atoms with Crippen molar-refractivity contribution in [3.63, 3.8) is 0 Å². The van der Waals surface area contributed by atoms with Gasteiger partial charge in [-0.15, -0.1) is 0 Å². The molecule has 22 heavy (non-hydrogen) atoms. The number of benzene rings is 1. The second-order valence-corrected chi connectivity index (χ2v) is 6.22. The molecule has 116 valence electrons. The molecule has 1 aromatic rings. The maximum absolute atomic E-state index is 12.7. The molecule has 0 spiro atoms. The highest BCUT2D eigenvalue weighted by Crippen LogP contribution is 2.31. The fourth-order valence-electron chi connectivity index (χ4n) is 3.56. The average Bonchev–Trinajstić information content (AvgIpc) is 2.72. The molecule has 0 saturated heterocycles. The van der Waals surface area contributed by atoms with E-state index >= 15 is 0 Å². The van der Waals surface area contributed by atoms with Crippen molar-refractivity contribution in [2.75, 3.05) is 0 Å². The Kier molecular flexibility index (Phi) is 4.10. The van der Waals surface area contributed by atoms with Gasteiger partial charge in [0.25, 0.3) is 5.91 Å². The molecule has 1 aliphatic heterocycles. The molecule has 1 saturated carbocycles. The zero-order valence-electron chi connectivity index (χ0n) is 12.9. The zero-order chi connectivity index (χ0) is 15.7. The van der Waals surface area contributed by atoms with Gasteiger partial charge in [0, 0.05) is 18.5 Å². The molecule has 1 heterocycles. The summed E-state index contributed by atoms with van der Waals surface area (Å²) in [5.74, 6) is -0.148. The minimum absolute atomic E-state index is 0.00309. The number of carbonyl (C=O) groups is 3. The van der Waals surface area contributed by atoms with Crippen LogP contribution in [0.25, 0.3) is 0 Å². The van der Waals surface area contributed by atoms with E-state index in [1.807, 2.05) is 12.1 Å². The summed E-state index contributed by atoms with van der Waals surface area (Å²) in [6.45, 7) is 2.63. The van der Waals surface area contributed by atoms with Gasteiger partial charge < -0.3 is 4.90 Å². The Morgan fingerprint density at radius 2 is 2.05 bits per heavy atom. The first-order valence-electron chi connectivity index (χ1n) is 8.08. The Hall–Kier alpha value is -1.97. The van der Waals surface area contributed by atoms with Gasteiger partial charge in [-0.3, -0.25) is 14.4 Å². The van der Waals surface area contributed by atoms with Crippen LogP contribution in [0.2, 0.25) is 0 Å². The standard InChI is InChI=1S/C18H21NO3/c1-2-5-12-6-3-8-14-15(12)11-19(18(14)22)16-9-4-7-13(20)10-17(16)21/h3,6,8,16H,2,4-5,7,9-11H2,1H3/t16-/m0/s1. The highest BCUT2D eigenvalue weighted by molar-refractivity contribution is 6.06. The highest BCUT2D eigenvalue weighted by atomic mass is 16.2. The number of ketones is 2. The number of hydrogen-bond acceptors (Lipinski definition) is 3. The summed E-state index contributed by atoms with van der Waals surface area (Å²) < 4.78 is 0. The molecule has 0 unspecified atom stereocenters. The van der Waals surface area contributed by atoms with Crippen LogP contribution in [0.4, 0.5) is 0 Å². The number of nitrogens with zero attached hydrogens (tertiary/aromatic N) is 1. The minimum atomic E-state index is -0.430. The molecule has 4 nitrogen and oxygen atoms in total. The Morgan fingerprint density at radius 3 is 2.82 bits per heavy atom. The molecule has 1 aliphatic carbocycles. The first-order valence-corrected chi connectivity index (χ1v) is 8.08. The summed E-state index contributed by atoms with van der Waals surface area (Å²) in [5, 5.41) is 0. The van der Waals surface area contributed by atoms with E-state index in [9.17, 15) is 14.4 Å². The van der Waals surface area contributed by atoms with Crippen LogP contribution in [-0.2, 0) is 22.6 Å². The van der Waals surface area contributed by atoms with Gasteiger partial charge in [0.15, 0.2) is 5.78 Å². The Balaban J connectivity index is 1.88. The lowest BCUT2D eigenvalue weighted by atomic mass is 10.00. The smallest absolute Gasteiger partial charge is 0.255 e. The van der Waals surface area contributed by atoms with Crippen molar-refractivity contribution >= 4 is 17.5 Å². The summed E-state index contributed by atoms with van der Waals surface area (Å²) >= 11 is 0. The van der Waals surface area contributed by atoms with Crippen molar-refractivity contribution in [3.05, 3.63) is 34.9 Å². The highest BCUT2D eigenvalue weighted by Gasteiger charge is 2.38. The molecule has 1 fully saturated rings. The third kappa shape index (κ3) is 2.58. The van der Waals surface area contributed by atoms with E-state index in [0.717, 1.165) is 24.0 Å². The molecule has 0 N–H and O–H groups in total. The Morgan fingerprint density at radius 1 is 1.23 bits per heavy atom. The van der Waals surface area contributed by atoms with Crippen LogP contribution in [0.15, 0.2) is 18.2 Å². The van der Waals surface area contributed by atoms with Gasteiger partial charge in [0.1, 0.15) is 5.78 Å². The van der Waals surface area contributed by atoms with Crippen molar-refractivity contribution in [1.82, 2.24) is 4.90 Å². The molecule has 1 aromatic carbocycles. The van der Waals surface area contributed by atoms with Gasteiger partial charge in [0.05, 0.1) is 12.5 Å². The molecule has 3 rings (SSSR count). The Bertz CT molecular complexity index is 635. The van der Waals surface area contributed by atoms with Gasteiger partial charge >= 0.3 is 0 Å². The topological polar surface area (TPSA) is 54.5 Å². The fraction of sp³-hybridized carbons (Fsp3) is 0.500. The van der Waals surface area contributed by atoms with E-state index in [1.54, 1.807) is 4.90 Å². The fourth-order valence-corrected chi connectivity index (χ4v) is 3.56. The van der Waals surface area contributed by atoms with Crippen molar-refractivity contribution < 1.29 is 14.4 Å². The van der Waals surface area contributed by atoms with E-state index in [2.05, 4.69) is 13.0 Å². The molecule has 1 amide bonds.